The Morgan fingerprint density at radius 3 is 2.31 bits per heavy atom. The van der Waals surface area contributed by atoms with Gasteiger partial charge in [0.2, 0.25) is 5.91 Å². The Morgan fingerprint density at radius 1 is 1.38 bits per heavy atom. The predicted molar refractivity (Wildman–Crippen MR) is 49.0 cm³/mol. The Labute approximate surface area is 90.2 Å². The molecule has 0 saturated heterocycles. The largest absolute Gasteiger partial charge is 0.465 e. The predicted octanol–water partition coefficient (Wildman–Crippen LogP) is 1.05. The summed E-state index contributed by atoms with van der Waals surface area (Å²) in [5, 5.41) is 10.2. The molecule has 8 heteroatoms. The number of alkyl halides is 3. The molecule has 0 bridgehead atoms. The van der Waals surface area contributed by atoms with Crippen molar-refractivity contribution >= 4 is 12.0 Å². The number of amides is 2. The van der Waals surface area contributed by atoms with Crippen LogP contribution in [0.3, 0.4) is 0 Å². The van der Waals surface area contributed by atoms with E-state index in [1.165, 1.54) is 0 Å². The molecule has 94 valence electrons. The quantitative estimate of drug-likeness (QED) is 0.708. The van der Waals surface area contributed by atoms with E-state index in [-0.39, 0.29) is 19.5 Å². The van der Waals surface area contributed by atoms with E-state index in [4.69, 9.17) is 5.11 Å². The van der Waals surface area contributed by atoms with Crippen LogP contribution in [0.5, 0.6) is 0 Å². The van der Waals surface area contributed by atoms with E-state index < -0.39 is 24.7 Å². The summed E-state index contributed by atoms with van der Waals surface area (Å²) in [6.07, 6.45) is -5.54. The van der Waals surface area contributed by atoms with Crippen LogP contribution >= 0.6 is 0 Å². The average Bonchev–Trinajstić information content (AvgIpc) is 2.07. The molecule has 0 aliphatic heterocycles. The van der Waals surface area contributed by atoms with Crippen LogP contribution in [-0.2, 0) is 4.79 Å². The fourth-order valence-electron chi connectivity index (χ4n) is 1.03. The van der Waals surface area contributed by atoms with Gasteiger partial charge >= 0.3 is 12.3 Å². The van der Waals surface area contributed by atoms with Crippen molar-refractivity contribution in [2.75, 3.05) is 19.6 Å². The standard InChI is InChI=1S/C8H13F3N2O3/c1-6(14)13(5-8(9,10)11)4-2-3-12-7(15)16/h12H,2-5H2,1H3,(H,15,16). The van der Waals surface area contributed by atoms with E-state index in [0.717, 1.165) is 6.92 Å². The molecule has 0 aromatic carbocycles. The van der Waals surface area contributed by atoms with E-state index in [1.54, 1.807) is 0 Å². The lowest BCUT2D eigenvalue weighted by atomic mass is 10.3. The topological polar surface area (TPSA) is 69.6 Å². The first-order valence-corrected chi connectivity index (χ1v) is 4.51. The highest BCUT2D eigenvalue weighted by atomic mass is 19.4. The zero-order valence-electron chi connectivity index (χ0n) is 8.67. The molecule has 2 N–H and O–H groups in total. The van der Waals surface area contributed by atoms with E-state index >= 15 is 0 Å². The van der Waals surface area contributed by atoms with Gasteiger partial charge in [-0.3, -0.25) is 4.79 Å². The molecule has 0 spiro atoms. The zero-order chi connectivity index (χ0) is 12.8. The third-order valence-corrected chi connectivity index (χ3v) is 1.70. The van der Waals surface area contributed by atoms with Crippen LogP contribution in [0.25, 0.3) is 0 Å². The molecule has 0 radical (unpaired) electrons. The Kier molecular flexibility index (Phi) is 5.62. The first-order chi connectivity index (χ1) is 7.22. The van der Waals surface area contributed by atoms with Crippen LogP contribution in [0.2, 0.25) is 0 Å². The molecule has 16 heavy (non-hydrogen) atoms. The summed E-state index contributed by atoms with van der Waals surface area (Å²) in [4.78, 5) is 21.5. The van der Waals surface area contributed by atoms with Crippen LogP contribution < -0.4 is 5.32 Å². The number of hydrogen-bond donors (Lipinski definition) is 2. The SMILES string of the molecule is CC(=O)N(CCCNC(=O)O)CC(F)(F)F. The first-order valence-electron chi connectivity index (χ1n) is 4.51. The summed E-state index contributed by atoms with van der Waals surface area (Å²) in [6, 6.07) is 0. The van der Waals surface area contributed by atoms with Crippen LogP contribution in [0, 0.1) is 0 Å². The molecule has 0 atom stereocenters. The lowest BCUT2D eigenvalue weighted by Crippen LogP contribution is -2.39. The van der Waals surface area contributed by atoms with Gasteiger partial charge in [0, 0.05) is 20.0 Å². The fourth-order valence-corrected chi connectivity index (χ4v) is 1.03. The number of rotatable bonds is 5. The second kappa shape index (κ2) is 6.19. The minimum atomic E-state index is -4.44. The highest BCUT2D eigenvalue weighted by Gasteiger charge is 2.31. The molecule has 2 amide bonds. The Hall–Kier alpha value is -1.47. The van der Waals surface area contributed by atoms with Gasteiger partial charge in [-0.25, -0.2) is 4.79 Å². The monoisotopic (exact) mass is 242 g/mol. The zero-order valence-corrected chi connectivity index (χ0v) is 8.67. The van der Waals surface area contributed by atoms with Crippen molar-refractivity contribution in [1.82, 2.24) is 10.2 Å². The van der Waals surface area contributed by atoms with Crippen molar-refractivity contribution in [1.29, 1.82) is 0 Å². The van der Waals surface area contributed by atoms with Crippen molar-refractivity contribution in [3.05, 3.63) is 0 Å². The van der Waals surface area contributed by atoms with Gasteiger partial charge in [0.1, 0.15) is 6.54 Å². The van der Waals surface area contributed by atoms with Crippen molar-refractivity contribution in [3.8, 4) is 0 Å². The summed E-state index contributed by atoms with van der Waals surface area (Å²) in [7, 11) is 0. The van der Waals surface area contributed by atoms with Gasteiger partial charge in [-0.1, -0.05) is 0 Å². The van der Waals surface area contributed by atoms with E-state index in [2.05, 4.69) is 0 Å². The van der Waals surface area contributed by atoms with Gasteiger partial charge in [-0.05, 0) is 6.42 Å². The number of hydrogen-bond acceptors (Lipinski definition) is 2. The molecule has 0 aromatic heterocycles. The molecule has 5 nitrogen and oxygen atoms in total. The Bertz CT molecular complexity index is 255. The van der Waals surface area contributed by atoms with Crippen LogP contribution in [0.4, 0.5) is 18.0 Å². The van der Waals surface area contributed by atoms with Gasteiger partial charge in [-0.15, -0.1) is 0 Å². The Morgan fingerprint density at radius 2 is 1.94 bits per heavy atom. The molecule has 0 unspecified atom stereocenters. The summed E-state index contributed by atoms with van der Waals surface area (Å²) in [5.41, 5.74) is 0. The van der Waals surface area contributed by atoms with Crippen LogP contribution in [0.15, 0.2) is 0 Å². The number of nitrogens with one attached hydrogen (secondary N) is 1. The average molecular weight is 242 g/mol. The molecule has 0 saturated carbocycles. The maximum Gasteiger partial charge on any atom is 0.406 e. The molecule has 0 aliphatic carbocycles. The molecule has 0 heterocycles. The minimum Gasteiger partial charge on any atom is -0.465 e. The fraction of sp³-hybridized carbons (Fsp3) is 0.750. The second-order valence-electron chi connectivity index (χ2n) is 3.14. The Balaban J connectivity index is 3.96. The maximum absolute atomic E-state index is 12.0. The van der Waals surface area contributed by atoms with Crippen LogP contribution in [-0.4, -0.2) is 47.8 Å². The number of carbonyl (C=O) groups excluding carboxylic acids is 1. The van der Waals surface area contributed by atoms with E-state index in [0.29, 0.717) is 4.90 Å². The summed E-state index contributed by atoms with van der Waals surface area (Å²) in [5.74, 6) is -0.687. The number of nitrogens with zero attached hydrogens (tertiary/aromatic N) is 1. The molecular weight excluding hydrogens is 229 g/mol. The van der Waals surface area contributed by atoms with Crippen molar-refractivity contribution in [2.45, 2.75) is 19.5 Å². The highest BCUT2D eigenvalue weighted by Crippen LogP contribution is 2.16. The molecule has 0 rings (SSSR count). The summed E-state index contributed by atoms with van der Waals surface area (Å²) < 4.78 is 36.0. The van der Waals surface area contributed by atoms with Gasteiger partial charge in [0.25, 0.3) is 0 Å². The first kappa shape index (κ1) is 14.5. The third-order valence-electron chi connectivity index (χ3n) is 1.70. The van der Waals surface area contributed by atoms with Crippen molar-refractivity contribution < 1.29 is 27.9 Å². The van der Waals surface area contributed by atoms with Gasteiger partial charge < -0.3 is 15.3 Å². The third kappa shape index (κ3) is 7.89. The smallest absolute Gasteiger partial charge is 0.406 e. The highest BCUT2D eigenvalue weighted by molar-refractivity contribution is 5.73. The van der Waals surface area contributed by atoms with Gasteiger partial charge in [0.15, 0.2) is 0 Å². The van der Waals surface area contributed by atoms with E-state index in [9.17, 15) is 22.8 Å². The maximum atomic E-state index is 12.0. The second-order valence-corrected chi connectivity index (χ2v) is 3.14. The van der Waals surface area contributed by atoms with Gasteiger partial charge in [0.05, 0.1) is 0 Å². The number of halogens is 3. The van der Waals surface area contributed by atoms with Gasteiger partial charge in [-0.2, -0.15) is 13.2 Å². The number of carboxylic acid groups (broad SMARTS) is 1. The molecule has 0 aromatic rings. The lowest BCUT2D eigenvalue weighted by Gasteiger charge is -2.22. The normalized spacial score (nSPS) is 11.0. The number of carbonyl (C=O) groups is 2. The summed E-state index contributed by atoms with van der Waals surface area (Å²) in [6.45, 7) is -0.391. The summed E-state index contributed by atoms with van der Waals surface area (Å²) >= 11 is 0. The minimum absolute atomic E-state index is 0.0109. The molecule has 0 aliphatic rings. The van der Waals surface area contributed by atoms with Crippen molar-refractivity contribution in [2.24, 2.45) is 0 Å². The van der Waals surface area contributed by atoms with E-state index in [1.807, 2.05) is 5.32 Å². The lowest BCUT2D eigenvalue weighted by molar-refractivity contribution is -0.159. The van der Waals surface area contributed by atoms with Crippen molar-refractivity contribution in [3.63, 3.8) is 0 Å². The molecular formula is C8H13F3N2O3. The van der Waals surface area contributed by atoms with Crippen LogP contribution in [0.1, 0.15) is 13.3 Å². The molecule has 0 fully saturated rings.